The average Bonchev–Trinajstić information content (AvgIpc) is 2.28. The van der Waals surface area contributed by atoms with Gasteiger partial charge in [-0.05, 0) is 23.0 Å². The average molecular weight is 294 g/mol. The highest BCUT2D eigenvalue weighted by Crippen LogP contribution is 2.41. The second-order valence-corrected chi connectivity index (χ2v) is 8.34. The lowest BCUT2D eigenvalue weighted by Crippen LogP contribution is -2.17. The Morgan fingerprint density at radius 2 is 1.50 bits per heavy atom. The van der Waals surface area contributed by atoms with Gasteiger partial charge in [-0.2, -0.15) is 0 Å². The Kier molecular flexibility index (Phi) is 5.31. The lowest BCUT2D eigenvalue weighted by molar-refractivity contribution is -0.107. The molecule has 1 N–H and O–H groups in total. The molecular weight excluding hydrogens is 268 g/mol. The van der Waals surface area contributed by atoms with Crippen molar-refractivity contribution in [2.45, 2.75) is 63.7 Å². The molecule has 0 spiro atoms. The minimum absolute atomic E-state index is 0.106. The van der Waals surface area contributed by atoms with E-state index in [1.54, 1.807) is 11.8 Å². The molecule has 1 rings (SSSR count). The van der Waals surface area contributed by atoms with Crippen molar-refractivity contribution in [3.8, 4) is 5.75 Å². The number of hydrogen-bond acceptors (Lipinski definition) is 3. The van der Waals surface area contributed by atoms with Gasteiger partial charge in [0.05, 0.1) is 0 Å². The van der Waals surface area contributed by atoms with Crippen molar-refractivity contribution in [2.24, 2.45) is 0 Å². The maximum absolute atomic E-state index is 10.6. The third-order valence-electron chi connectivity index (χ3n) is 3.20. The summed E-state index contributed by atoms with van der Waals surface area (Å²) in [5.74, 6) is 1.19. The molecule has 0 unspecified atom stereocenters. The predicted octanol–water partition coefficient (Wildman–Crippen LogP) is 4.67. The summed E-state index contributed by atoms with van der Waals surface area (Å²) in [6.07, 6.45) is 1.50. The Bertz CT molecular complexity index is 444. The molecule has 0 saturated carbocycles. The van der Waals surface area contributed by atoms with Crippen molar-refractivity contribution in [3.05, 3.63) is 23.3 Å². The lowest BCUT2D eigenvalue weighted by atomic mass is 9.79. The number of carbonyl (C=O) groups is 1. The number of phenols is 1. The van der Waals surface area contributed by atoms with Crippen LogP contribution in [-0.2, 0) is 15.6 Å². The smallest absolute Gasteiger partial charge is 0.123 e. The Morgan fingerprint density at radius 3 is 1.85 bits per heavy atom. The van der Waals surface area contributed by atoms with Crippen LogP contribution >= 0.6 is 11.8 Å². The van der Waals surface area contributed by atoms with Gasteiger partial charge in [-0.3, -0.25) is 0 Å². The molecule has 3 heteroatoms. The number of hydrogen-bond donors (Lipinski definition) is 1. The number of benzene rings is 1. The van der Waals surface area contributed by atoms with Crippen molar-refractivity contribution in [3.63, 3.8) is 0 Å². The highest BCUT2D eigenvalue weighted by Gasteiger charge is 2.26. The molecule has 0 aliphatic rings. The SMILES string of the molecule is CC(C)(C)c1cc(SCCC=O)cc(C(C)(C)C)c1O. The first-order valence-corrected chi connectivity index (χ1v) is 8.00. The molecule has 0 aromatic heterocycles. The second kappa shape index (κ2) is 6.21. The van der Waals surface area contributed by atoms with Gasteiger partial charge in [-0.15, -0.1) is 11.8 Å². The summed E-state index contributed by atoms with van der Waals surface area (Å²) in [6.45, 7) is 12.6. The van der Waals surface area contributed by atoms with Gasteiger partial charge in [0.1, 0.15) is 12.0 Å². The Balaban J connectivity index is 3.31. The van der Waals surface area contributed by atoms with E-state index in [0.29, 0.717) is 12.2 Å². The van der Waals surface area contributed by atoms with Crippen LogP contribution in [0.1, 0.15) is 59.1 Å². The van der Waals surface area contributed by atoms with Crippen molar-refractivity contribution in [1.82, 2.24) is 0 Å². The number of aldehydes is 1. The fourth-order valence-corrected chi connectivity index (χ4v) is 2.91. The summed E-state index contributed by atoms with van der Waals surface area (Å²) in [7, 11) is 0. The minimum Gasteiger partial charge on any atom is -0.507 e. The molecule has 0 amide bonds. The maximum atomic E-state index is 10.6. The van der Waals surface area contributed by atoms with Gasteiger partial charge >= 0.3 is 0 Å². The van der Waals surface area contributed by atoms with Crippen molar-refractivity contribution >= 4 is 18.0 Å². The van der Waals surface area contributed by atoms with E-state index >= 15 is 0 Å². The normalized spacial score (nSPS) is 12.5. The molecule has 1 aromatic carbocycles. The third kappa shape index (κ3) is 4.27. The molecule has 20 heavy (non-hydrogen) atoms. The highest BCUT2D eigenvalue weighted by molar-refractivity contribution is 7.99. The molecule has 0 radical (unpaired) electrons. The minimum atomic E-state index is -0.106. The molecule has 2 nitrogen and oxygen atoms in total. The van der Waals surface area contributed by atoms with E-state index in [9.17, 15) is 9.90 Å². The fraction of sp³-hybridized carbons (Fsp3) is 0.588. The lowest BCUT2D eigenvalue weighted by Gasteiger charge is -2.28. The van der Waals surface area contributed by atoms with Crippen molar-refractivity contribution in [2.75, 3.05) is 5.75 Å². The number of phenolic OH excluding ortho intramolecular Hbond substituents is 1. The molecular formula is C17H26O2S. The first-order valence-electron chi connectivity index (χ1n) is 7.02. The van der Waals surface area contributed by atoms with E-state index in [4.69, 9.17) is 0 Å². The number of aromatic hydroxyl groups is 1. The molecule has 1 aromatic rings. The number of rotatable bonds is 4. The van der Waals surface area contributed by atoms with Gasteiger partial charge < -0.3 is 9.90 Å². The standard InChI is InChI=1S/C17H26O2S/c1-16(2,3)13-10-12(20-9-7-8-18)11-14(15(13)19)17(4,5)6/h8,10-11,19H,7,9H2,1-6H3. The van der Waals surface area contributed by atoms with E-state index < -0.39 is 0 Å². The molecule has 0 fully saturated rings. The summed E-state index contributed by atoms with van der Waals surface area (Å²) < 4.78 is 0. The third-order valence-corrected chi connectivity index (χ3v) is 4.21. The van der Waals surface area contributed by atoms with Gasteiger partial charge in [0, 0.05) is 28.2 Å². The largest absolute Gasteiger partial charge is 0.507 e. The van der Waals surface area contributed by atoms with Crippen LogP contribution in [0.2, 0.25) is 0 Å². The van der Waals surface area contributed by atoms with Crippen LogP contribution in [0.4, 0.5) is 0 Å². The summed E-state index contributed by atoms with van der Waals surface area (Å²) in [5.41, 5.74) is 1.73. The van der Waals surface area contributed by atoms with Crippen LogP contribution in [0.5, 0.6) is 5.75 Å². The van der Waals surface area contributed by atoms with Crippen molar-refractivity contribution < 1.29 is 9.90 Å². The van der Waals surface area contributed by atoms with Gasteiger partial charge in [0.2, 0.25) is 0 Å². The van der Waals surface area contributed by atoms with Gasteiger partial charge in [0.25, 0.3) is 0 Å². The van der Waals surface area contributed by atoms with E-state index in [0.717, 1.165) is 28.1 Å². The quantitative estimate of drug-likeness (QED) is 0.498. The van der Waals surface area contributed by atoms with Crippen LogP contribution in [0.25, 0.3) is 0 Å². The van der Waals surface area contributed by atoms with E-state index in [2.05, 4.69) is 53.7 Å². The zero-order valence-corrected chi connectivity index (χ0v) is 14.2. The predicted molar refractivity (Wildman–Crippen MR) is 86.9 cm³/mol. The maximum Gasteiger partial charge on any atom is 0.123 e. The zero-order valence-electron chi connectivity index (χ0n) is 13.4. The highest BCUT2D eigenvalue weighted by atomic mass is 32.2. The molecule has 112 valence electrons. The first-order chi connectivity index (χ1) is 9.07. The number of thioether (sulfide) groups is 1. The molecule has 0 bridgehead atoms. The second-order valence-electron chi connectivity index (χ2n) is 7.17. The van der Waals surface area contributed by atoms with Crippen LogP contribution in [0.15, 0.2) is 17.0 Å². The molecule has 0 aliphatic heterocycles. The zero-order chi connectivity index (χ0) is 15.6. The van der Waals surface area contributed by atoms with Crippen LogP contribution in [0.3, 0.4) is 0 Å². The van der Waals surface area contributed by atoms with E-state index in [1.807, 2.05) is 0 Å². The fourth-order valence-electron chi connectivity index (χ4n) is 2.06. The Morgan fingerprint density at radius 1 is 1.05 bits per heavy atom. The molecule has 0 aliphatic carbocycles. The first kappa shape index (κ1) is 17.1. The summed E-state index contributed by atoms with van der Waals surface area (Å²) in [4.78, 5) is 11.6. The molecule has 0 heterocycles. The Hall–Kier alpha value is -0.960. The topological polar surface area (TPSA) is 37.3 Å². The monoisotopic (exact) mass is 294 g/mol. The van der Waals surface area contributed by atoms with Crippen molar-refractivity contribution in [1.29, 1.82) is 0 Å². The summed E-state index contributed by atoms with van der Waals surface area (Å²) in [5, 5.41) is 10.6. The summed E-state index contributed by atoms with van der Waals surface area (Å²) >= 11 is 1.67. The van der Waals surface area contributed by atoms with Crippen LogP contribution < -0.4 is 0 Å². The van der Waals surface area contributed by atoms with Crippen LogP contribution in [-0.4, -0.2) is 17.1 Å². The summed E-state index contributed by atoms with van der Waals surface area (Å²) in [6, 6.07) is 4.11. The van der Waals surface area contributed by atoms with Gasteiger partial charge in [-0.25, -0.2) is 0 Å². The molecule has 0 atom stereocenters. The Labute approximate surface area is 127 Å². The van der Waals surface area contributed by atoms with E-state index in [1.165, 1.54) is 0 Å². The molecule has 0 saturated heterocycles. The van der Waals surface area contributed by atoms with Gasteiger partial charge in [-0.1, -0.05) is 41.5 Å². The van der Waals surface area contributed by atoms with Crippen LogP contribution in [0, 0.1) is 0 Å². The van der Waals surface area contributed by atoms with Gasteiger partial charge in [0.15, 0.2) is 0 Å². The van der Waals surface area contributed by atoms with E-state index in [-0.39, 0.29) is 10.8 Å². The number of carbonyl (C=O) groups excluding carboxylic acids is 1.